The van der Waals surface area contributed by atoms with Crippen LogP contribution in [0.15, 0.2) is 36.4 Å². The smallest absolute Gasteiger partial charge is 0.407 e. The molecule has 2 aromatic carbocycles. The maximum atomic E-state index is 16.0. The largest absolute Gasteiger partial charge is 0.444 e. The molecule has 244 valence electrons. The van der Waals surface area contributed by atoms with Crippen molar-refractivity contribution in [1.29, 1.82) is 10.5 Å². The summed E-state index contributed by atoms with van der Waals surface area (Å²) < 4.78 is 52.6. The lowest BCUT2D eigenvalue weighted by Gasteiger charge is -2.34. The van der Waals surface area contributed by atoms with Crippen LogP contribution < -0.4 is 10.2 Å². The van der Waals surface area contributed by atoms with Crippen LogP contribution in [0, 0.1) is 40.2 Å². The lowest BCUT2D eigenvalue weighted by atomic mass is 9.93. The van der Waals surface area contributed by atoms with E-state index >= 15 is 8.78 Å². The first kappa shape index (κ1) is 33.2. The Balaban J connectivity index is 1.59. The third kappa shape index (κ3) is 7.31. The highest BCUT2D eigenvalue weighted by Gasteiger charge is 2.28. The van der Waals surface area contributed by atoms with Gasteiger partial charge in [0.1, 0.15) is 29.1 Å². The molecule has 1 aliphatic heterocycles. The van der Waals surface area contributed by atoms with Gasteiger partial charge in [-0.3, -0.25) is 4.68 Å². The first-order chi connectivity index (χ1) is 22.1. The number of piperidine rings is 1. The number of nitrogens with zero attached hydrogens (tertiary/aromatic N) is 6. The number of fused-ring (bicyclic) bond motifs is 1. The van der Waals surface area contributed by atoms with Crippen molar-refractivity contribution >= 4 is 22.8 Å². The maximum Gasteiger partial charge on any atom is 0.407 e. The summed E-state index contributed by atoms with van der Waals surface area (Å²) in [6.45, 7) is 9.15. The number of anilines is 1. The highest BCUT2D eigenvalue weighted by atomic mass is 19.1. The van der Waals surface area contributed by atoms with Crippen molar-refractivity contribution in [3.05, 3.63) is 65.1 Å². The molecule has 13 heteroatoms. The van der Waals surface area contributed by atoms with Crippen molar-refractivity contribution in [3.8, 4) is 34.5 Å². The van der Waals surface area contributed by atoms with Crippen LogP contribution in [0.1, 0.15) is 58.6 Å². The minimum Gasteiger partial charge on any atom is -0.444 e. The zero-order valence-corrected chi connectivity index (χ0v) is 26.7. The van der Waals surface area contributed by atoms with E-state index in [-0.39, 0.29) is 57.0 Å². The van der Waals surface area contributed by atoms with E-state index in [2.05, 4.69) is 16.5 Å². The maximum absolute atomic E-state index is 16.0. The first-order valence-corrected chi connectivity index (χ1v) is 15.0. The number of ether oxygens (including phenoxy) is 1. The molecule has 5 rings (SSSR count). The molecule has 0 atom stereocenters. The Hall–Kier alpha value is -5.14. The van der Waals surface area contributed by atoms with Crippen molar-refractivity contribution < 1.29 is 27.8 Å². The number of pyridine rings is 1. The fourth-order valence-electron chi connectivity index (χ4n) is 5.58. The summed E-state index contributed by atoms with van der Waals surface area (Å²) in [7, 11) is 0. The fraction of sp³-hybridized carbons (Fsp3) is 0.382. The summed E-state index contributed by atoms with van der Waals surface area (Å²) >= 11 is 0. The second kappa shape index (κ2) is 12.6. The minimum atomic E-state index is -1.26. The molecule has 1 aliphatic rings. The number of alkyl carbamates (subject to hydrolysis) is 1. The monoisotopic (exact) mass is 645 g/mol. The Kier molecular flexibility index (Phi) is 8.89. The molecule has 0 aliphatic carbocycles. The number of rotatable bonds is 6. The number of aliphatic hydroxyl groups is 1. The lowest BCUT2D eigenvalue weighted by molar-refractivity contribution is 0.0496. The molecular formula is C34H34F3N7O3. The van der Waals surface area contributed by atoms with Gasteiger partial charge in [0.15, 0.2) is 0 Å². The fourth-order valence-corrected chi connectivity index (χ4v) is 5.58. The van der Waals surface area contributed by atoms with Crippen molar-refractivity contribution in [2.75, 3.05) is 18.0 Å². The predicted octanol–water partition coefficient (Wildman–Crippen LogP) is 6.19. The molecule has 47 heavy (non-hydrogen) atoms. The minimum absolute atomic E-state index is 0.00585. The van der Waals surface area contributed by atoms with Gasteiger partial charge >= 0.3 is 6.09 Å². The molecule has 3 heterocycles. The SMILES string of the molecule is CC(C)(O)Cn1nc(F)c2cc(-c3c(C#N)cc(N4CCC(NC(=O)OC(C)(C)C)CC4)nc3-c3ccc(C#N)c(F)c3)c(F)cc21. The molecule has 0 saturated carbocycles. The van der Waals surface area contributed by atoms with E-state index in [9.17, 15) is 24.8 Å². The molecule has 1 fully saturated rings. The zero-order valence-electron chi connectivity index (χ0n) is 26.7. The number of benzene rings is 2. The quantitative estimate of drug-likeness (QED) is 0.253. The van der Waals surface area contributed by atoms with Gasteiger partial charge in [-0.05, 0) is 71.7 Å². The second-order valence-corrected chi connectivity index (χ2v) is 13.2. The number of nitrogens with one attached hydrogen (secondary N) is 1. The Morgan fingerprint density at radius 3 is 2.30 bits per heavy atom. The number of halogens is 3. The van der Waals surface area contributed by atoms with Crippen LogP contribution in [0.4, 0.5) is 23.8 Å². The van der Waals surface area contributed by atoms with E-state index in [0.29, 0.717) is 31.7 Å². The van der Waals surface area contributed by atoms with Crippen molar-refractivity contribution in [1.82, 2.24) is 20.1 Å². The van der Waals surface area contributed by atoms with E-state index in [1.165, 1.54) is 42.8 Å². The van der Waals surface area contributed by atoms with Crippen LogP contribution in [0.3, 0.4) is 0 Å². The summed E-state index contributed by atoms with van der Waals surface area (Å²) in [6.07, 6.45) is 0.575. The van der Waals surface area contributed by atoms with Gasteiger partial charge in [0.05, 0.1) is 45.9 Å². The number of aromatic nitrogens is 3. The number of hydrogen-bond donors (Lipinski definition) is 2. The molecule has 1 saturated heterocycles. The third-order valence-electron chi connectivity index (χ3n) is 7.63. The zero-order chi connectivity index (χ0) is 34.3. The van der Waals surface area contributed by atoms with Crippen molar-refractivity contribution in [2.24, 2.45) is 0 Å². The van der Waals surface area contributed by atoms with Gasteiger partial charge in [0.25, 0.3) is 0 Å². The van der Waals surface area contributed by atoms with E-state index in [1.807, 2.05) is 4.90 Å². The van der Waals surface area contributed by atoms with E-state index < -0.39 is 34.9 Å². The van der Waals surface area contributed by atoms with Crippen LogP contribution in [-0.2, 0) is 11.3 Å². The molecule has 2 aromatic heterocycles. The number of amides is 1. The van der Waals surface area contributed by atoms with Crippen molar-refractivity contribution in [3.63, 3.8) is 0 Å². The van der Waals surface area contributed by atoms with Gasteiger partial charge < -0.3 is 20.1 Å². The van der Waals surface area contributed by atoms with E-state index in [0.717, 1.165) is 12.1 Å². The number of hydrogen-bond acceptors (Lipinski definition) is 8. The van der Waals surface area contributed by atoms with Crippen LogP contribution in [0.2, 0.25) is 0 Å². The molecule has 2 N–H and O–H groups in total. The topological polar surface area (TPSA) is 140 Å². The average Bonchev–Trinajstić information content (AvgIpc) is 3.27. The van der Waals surface area contributed by atoms with Crippen LogP contribution in [0.25, 0.3) is 33.3 Å². The number of carbonyl (C=O) groups excluding carboxylic acids is 1. The molecule has 0 radical (unpaired) electrons. The highest BCUT2D eigenvalue weighted by molar-refractivity contribution is 5.92. The van der Waals surface area contributed by atoms with Crippen molar-refractivity contribution in [2.45, 2.75) is 71.2 Å². The van der Waals surface area contributed by atoms with Gasteiger partial charge in [-0.1, -0.05) is 6.07 Å². The summed E-state index contributed by atoms with van der Waals surface area (Å²) in [6, 6.07) is 11.3. The van der Waals surface area contributed by atoms with Crippen LogP contribution >= 0.6 is 0 Å². The third-order valence-corrected chi connectivity index (χ3v) is 7.63. The first-order valence-electron chi connectivity index (χ1n) is 15.0. The van der Waals surface area contributed by atoms with E-state index in [4.69, 9.17) is 9.72 Å². The summed E-state index contributed by atoms with van der Waals surface area (Å²) in [5, 5.41) is 36.5. The Bertz CT molecular complexity index is 1940. The molecule has 0 bridgehead atoms. The van der Waals surface area contributed by atoms with Gasteiger partial charge in [0.2, 0.25) is 5.95 Å². The number of nitriles is 2. The Morgan fingerprint density at radius 2 is 1.70 bits per heavy atom. The molecule has 10 nitrogen and oxygen atoms in total. The second-order valence-electron chi connectivity index (χ2n) is 13.2. The predicted molar refractivity (Wildman–Crippen MR) is 169 cm³/mol. The van der Waals surface area contributed by atoms with Crippen LogP contribution in [-0.4, -0.2) is 56.3 Å². The normalized spacial score (nSPS) is 14.1. The molecule has 0 spiro atoms. The van der Waals surface area contributed by atoms with Gasteiger partial charge in [0, 0.05) is 41.9 Å². The van der Waals surface area contributed by atoms with E-state index in [1.54, 1.807) is 26.8 Å². The molecular weight excluding hydrogens is 611 g/mol. The summed E-state index contributed by atoms with van der Waals surface area (Å²) in [5.74, 6) is -2.18. The standard InChI is InChI=1S/C34H34F3N7O3/c1-33(2,3)47-32(45)40-22-8-10-43(11-9-22)28-13-21(17-39)29(30(41-28)19-6-7-20(16-38)25(35)12-19)23-14-24-27(15-26(23)36)44(42-31(24)37)18-34(4,5)46/h6-7,12-15,22,46H,8-11,18H2,1-5H3,(H,40,45). The summed E-state index contributed by atoms with van der Waals surface area (Å²) in [4.78, 5) is 19.0. The molecule has 4 aromatic rings. The Morgan fingerprint density at radius 1 is 1.02 bits per heavy atom. The van der Waals surface area contributed by atoms with Gasteiger partial charge in [-0.15, -0.1) is 5.10 Å². The lowest BCUT2D eigenvalue weighted by Crippen LogP contribution is -2.46. The van der Waals surface area contributed by atoms with Gasteiger partial charge in [-0.25, -0.2) is 18.6 Å². The van der Waals surface area contributed by atoms with Crippen LogP contribution in [0.5, 0.6) is 0 Å². The average molecular weight is 646 g/mol. The molecule has 1 amide bonds. The van der Waals surface area contributed by atoms with Gasteiger partial charge in [-0.2, -0.15) is 14.9 Å². The highest BCUT2D eigenvalue weighted by Crippen LogP contribution is 2.40. The number of carbonyl (C=O) groups is 1. The summed E-state index contributed by atoms with van der Waals surface area (Å²) in [5.41, 5.74) is -1.92. The Labute approximate surface area is 270 Å². The molecule has 0 unspecified atom stereocenters.